The lowest BCUT2D eigenvalue weighted by Gasteiger charge is -2.65. The molecule has 0 radical (unpaired) electrons. The van der Waals surface area contributed by atoms with Crippen LogP contribution in [0.5, 0.6) is 0 Å². The molecular formula is C41H64O14. The van der Waals surface area contributed by atoms with Crippen molar-refractivity contribution >= 4 is 5.97 Å². The van der Waals surface area contributed by atoms with Crippen molar-refractivity contribution in [1.29, 1.82) is 0 Å². The third kappa shape index (κ3) is 6.95. The maximum Gasteiger partial charge on any atom is 0.331 e. The van der Waals surface area contributed by atoms with Gasteiger partial charge in [-0.25, -0.2) is 4.79 Å². The van der Waals surface area contributed by atoms with E-state index in [-0.39, 0.29) is 61.1 Å². The first-order chi connectivity index (χ1) is 26.0. The predicted molar refractivity (Wildman–Crippen MR) is 193 cm³/mol. The monoisotopic (exact) mass is 780 g/mol. The highest BCUT2D eigenvalue weighted by Crippen LogP contribution is 2.70. The van der Waals surface area contributed by atoms with Gasteiger partial charge in [0.15, 0.2) is 18.9 Å². The Morgan fingerprint density at radius 2 is 1.29 bits per heavy atom. The van der Waals surface area contributed by atoms with E-state index in [0.29, 0.717) is 18.8 Å². The molecule has 0 aromatic heterocycles. The van der Waals surface area contributed by atoms with Crippen LogP contribution in [0.2, 0.25) is 0 Å². The Morgan fingerprint density at radius 1 is 0.691 bits per heavy atom. The van der Waals surface area contributed by atoms with Crippen molar-refractivity contribution < 1.29 is 68.6 Å². The van der Waals surface area contributed by atoms with E-state index in [2.05, 4.69) is 6.92 Å². The number of cyclic esters (lactones) is 1. The maximum absolute atomic E-state index is 12.6. The number of esters is 1. The summed E-state index contributed by atoms with van der Waals surface area (Å²) in [5.74, 6) is 0.204. The van der Waals surface area contributed by atoms with Crippen LogP contribution < -0.4 is 0 Å². The third-order valence-electron chi connectivity index (χ3n) is 16.0. The van der Waals surface area contributed by atoms with Crippen LogP contribution >= 0.6 is 0 Å². The predicted octanol–water partition coefficient (Wildman–Crippen LogP) is 2.22. The second kappa shape index (κ2) is 15.1. The normalized spacial score (nSPS) is 55.5. The van der Waals surface area contributed by atoms with Gasteiger partial charge in [-0.15, -0.1) is 0 Å². The lowest BCUT2D eigenvalue weighted by atomic mass is 9.42. The topological polar surface area (TPSA) is 203 Å². The molecule has 21 atom stereocenters. The maximum atomic E-state index is 12.6. The van der Waals surface area contributed by atoms with Crippen LogP contribution in [0.25, 0.3) is 0 Å². The van der Waals surface area contributed by atoms with Crippen LogP contribution in [0.1, 0.15) is 105 Å². The van der Waals surface area contributed by atoms with Gasteiger partial charge < -0.3 is 63.8 Å². The number of carbonyl (C=O) groups excluding carboxylic acids is 1. The molecule has 0 aromatic rings. The highest BCUT2D eigenvalue weighted by atomic mass is 16.7. The van der Waals surface area contributed by atoms with Gasteiger partial charge in [-0.3, -0.25) is 0 Å². The van der Waals surface area contributed by atoms with Crippen LogP contribution in [0.15, 0.2) is 11.6 Å². The minimum atomic E-state index is -1.01. The molecule has 8 rings (SSSR count). The van der Waals surface area contributed by atoms with E-state index in [1.165, 1.54) is 0 Å². The molecule has 4 aliphatic heterocycles. The first kappa shape index (κ1) is 40.5. The first-order valence-corrected chi connectivity index (χ1v) is 20.9. The Labute approximate surface area is 323 Å². The molecule has 55 heavy (non-hydrogen) atoms. The molecule has 4 heterocycles. The van der Waals surface area contributed by atoms with E-state index in [9.17, 15) is 35.4 Å². The number of hydrogen-bond acceptors (Lipinski definition) is 14. The van der Waals surface area contributed by atoms with Crippen molar-refractivity contribution in [1.82, 2.24) is 0 Å². The minimum Gasteiger partial charge on any atom is -0.458 e. The molecule has 14 heteroatoms. The van der Waals surface area contributed by atoms with Crippen LogP contribution in [-0.4, -0.2) is 135 Å². The largest absolute Gasteiger partial charge is 0.458 e. The zero-order valence-electron chi connectivity index (χ0n) is 32.9. The van der Waals surface area contributed by atoms with Crippen molar-refractivity contribution in [2.24, 2.45) is 34.5 Å². The average molecular weight is 781 g/mol. The van der Waals surface area contributed by atoms with Gasteiger partial charge in [-0.1, -0.05) is 13.8 Å². The van der Waals surface area contributed by atoms with E-state index < -0.39 is 90.9 Å². The molecule has 4 saturated carbocycles. The fourth-order valence-corrected chi connectivity index (χ4v) is 12.8. The summed E-state index contributed by atoms with van der Waals surface area (Å²) in [5, 5.41) is 66.9. The number of carbonyl (C=O) groups is 1. The molecule has 4 aliphatic carbocycles. The molecular weight excluding hydrogens is 716 g/mol. The van der Waals surface area contributed by atoms with Gasteiger partial charge in [0.25, 0.3) is 0 Å². The molecule has 0 spiro atoms. The SMILES string of the molecule is C[C@@H]1O[C@H](O[C@@H]2[C@H](O)C[C@@H](O[C@@H]3[C@H](O)C[C@@H](O[C@@H]4CC[C@]5(C)[C@@H](CC[C@H]6[C@H]5C[C@H](O)[C@@]5(C)[C@H](C7=CC(=O)OC7)CC[C@@]65O)C4)O[C@H]3C)O[C@H]2C)C[C@@H](O)[C@H]1O. The molecule has 0 amide bonds. The minimum absolute atomic E-state index is 0.0452. The van der Waals surface area contributed by atoms with Crippen LogP contribution in [0.3, 0.4) is 0 Å². The van der Waals surface area contributed by atoms with Crippen LogP contribution in [0, 0.1) is 34.5 Å². The molecule has 14 nitrogen and oxygen atoms in total. The van der Waals surface area contributed by atoms with Crippen molar-refractivity contribution in [2.45, 2.75) is 197 Å². The second-order valence-electron chi connectivity index (χ2n) is 18.8. The summed E-state index contributed by atoms with van der Waals surface area (Å²) in [6.45, 7) is 9.90. The van der Waals surface area contributed by atoms with E-state index in [1.807, 2.05) is 13.8 Å². The molecule has 6 N–H and O–H groups in total. The molecule has 0 bridgehead atoms. The van der Waals surface area contributed by atoms with Gasteiger partial charge in [0.1, 0.15) is 24.9 Å². The van der Waals surface area contributed by atoms with Crippen molar-refractivity contribution in [3.8, 4) is 0 Å². The summed E-state index contributed by atoms with van der Waals surface area (Å²) in [7, 11) is 0. The number of fused-ring (bicyclic) bond motifs is 5. The number of ether oxygens (including phenoxy) is 7. The smallest absolute Gasteiger partial charge is 0.331 e. The summed E-state index contributed by atoms with van der Waals surface area (Å²) in [6, 6.07) is 0. The van der Waals surface area contributed by atoms with E-state index in [4.69, 9.17) is 33.2 Å². The van der Waals surface area contributed by atoms with Crippen molar-refractivity contribution in [2.75, 3.05) is 6.61 Å². The third-order valence-corrected chi connectivity index (χ3v) is 16.0. The van der Waals surface area contributed by atoms with E-state index in [0.717, 1.165) is 44.1 Å². The first-order valence-electron chi connectivity index (χ1n) is 20.9. The average Bonchev–Trinajstić information content (AvgIpc) is 3.67. The summed E-state index contributed by atoms with van der Waals surface area (Å²) < 4.78 is 42.1. The van der Waals surface area contributed by atoms with Crippen LogP contribution in [0.4, 0.5) is 0 Å². The van der Waals surface area contributed by atoms with Gasteiger partial charge in [0.05, 0.1) is 54.4 Å². The molecule has 312 valence electrons. The van der Waals surface area contributed by atoms with E-state index in [1.54, 1.807) is 19.9 Å². The van der Waals surface area contributed by atoms with Crippen molar-refractivity contribution in [3.05, 3.63) is 11.6 Å². The Hall–Kier alpha value is -1.27. The van der Waals surface area contributed by atoms with Gasteiger partial charge in [0, 0.05) is 30.8 Å². The number of aliphatic hydroxyl groups is 6. The zero-order chi connectivity index (χ0) is 39.2. The molecule has 0 aromatic carbocycles. The van der Waals surface area contributed by atoms with Gasteiger partial charge >= 0.3 is 5.97 Å². The fourth-order valence-electron chi connectivity index (χ4n) is 12.8. The standard InChI is InChI=1S/C41H64O14/c1-19-36(47)28(42)15-34(50-19)54-38-21(3)52-35(17-30(38)44)55-37-20(2)51-33(16-29(37)43)53-24-8-10-39(4)23(13-24)6-7-26-27(39)14-31(45)40(5)25(9-11-41(26,40)48)22-12-32(46)49-18-22/h12,19-21,23-31,33-38,42-45,47-48H,6-11,13-18H2,1-5H3/t19-,20-,21-,23-,24+,25-,26-,27+,28+,29+,30+,31-,33+,34+,35+,36-,37-,38-,39+,40+,41+/m0/s1. The molecule has 0 unspecified atom stereocenters. The van der Waals surface area contributed by atoms with Crippen LogP contribution in [-0.2, 0) is 38.0 Å². The highest BCUT2D eigenvalue weighted by molar-refractivity contribution is 5.85. The molecule has 3 saturated heterocycles. The summed E-state index contributed by atoms with van der Waals surface area (Å²) in [4.78, 5) is 11.9. The molecule has 7 fully saturated rings. The van der Waals surface area contributed by atoms with E-state index >= 15 is 0 Å². The Kier molecular flexibility index (Phi) is 11.1. The highest BCUT2D eigenvalue weighted by Gasteiger charge is 2.71. The Morgan fingerprint density at radius 3 is 1.87 bits per heavy atom. The van der Waals surface area contributed by atoms with Gasteiger partial charge in [-0.05, 0) is 107 Å². The number of rotatable bonds is 7. The van der Waals surface area contributed by atoms with Crippen molar-refractivity contribution in [3.63, 3.8) is 0 Å². The number of hydrogen-bond donors (Lipinski definition) is 6. The Bertz CT molecular complexity index is 1410. The van der Waals surface area contributed by atoms with Gasteiger partial charge in [-0.2, -0.15) is 0 Å². The lowest BCUT2D eigenvalue weighted by molar-refractivity contribution is -0.336. The Balaban J connectivity index is 0.837. The second-order valence-corrected chi connectivity index (χ2v) is 18.8. The summed E-state index contributed by atoms with van der Waals surface area (Å²) >= 11 is 0. The fraction of sp³-hybridized carbons (Fsp3) is 0.927. The molecule has 8 aliphatic rings. The summed E-state index contributed by atoms with van der Waals surface area (Å²) in [5.41, 5.74) is -0.892. The quantitative estimate of drug-likeness (QED) is 0.162. The van der Waals surface area contributed by atoms with Gasteiger partial charge in [0.2, 0.25) is 0 Å². The number of aliphatic hydroxyl groups excluding tert-OH is 5. The lowest BCUT2D eigenvalue weighted by Crippen LogP contribution is -2.67. The zero-order valence-corrected chi connectivity index (χ0v) is 32.9. The summed E-state index contributed by atoms with van der Waals surface area (Å²) in [6.07, 6.45) is -1.51.